The average Bonchev–Trinajstić information content (AvgIpc) is 2.64. The van der Waals surface area contributed by atoms with Gasteiger partial charge in [0.2, 0.25) is 0 Å². The number of nitrogens with two attached hydrogens (primary N) is 1. The van der Waals surface area contributed by atoms with Crippen LogP contribution in [0.25, 0.3) is 32.7 Å². The summed E-state index contributed by atoms with van der Waals surface area (Å²) in [7, 11) is 0. The number of aromatic amines is 1. The first-order valence-corrected chi connectivity index (χ1v) is 8.33. The number of H-pyrrole nitrogens is 1. The highest BCUT2D eigenvalue weighted by atomic mass is 16.4. The molecule has 4 rings (SSSR count). The first-order chi connectivity index (χ1) is 13.4. The Hall–Kier alpha value is -4.13. The Balaban J connectivity index is 2.37. The number of benzene rings is 3. The summed E-state index contributed by atoms with van der Waals surface area (Å²) in [6, 6.07) is 16.3. The zero-order valence-electron chi connectivity index (χ0n) is 14.4. The Morgan fingerprint density at radius 1 is 0.786 bits per heavy atom. The van der Waals surface area contributed by atoms with Gasteiger partial charge >= 0.3 is 11.9 Å². The van der Waals surface area contributed by atoms with E-state index in [-0.39, 0.29) is 5.56 Å². The minimum Gasteiger partial charge on any atom is -0.478 e. The molecule has 0 radical (unpaired) electrons. The van der Waals surface area contributed by atoms with Gasteiger partial charge in [0.15, 0.2) is 0 Å². The molecule has 0 saturated heterocycles. The van der Waals surface area contributed by atoms with Crippen LogP contribution in [0.2, 0.25) is 0 Å². The molecule has 0 saturated carbocycles. The SMILES string of the molecule is Nc1[nH]c(=O)c(C(=O)O)c(-c2c3ccccc3cc3ccccc23)c1C(=O)O. The van der Waals surface area contributed by atoms with Crippen molar-refractivity contribution >= 4 is 39.3 Å². The molecule has 7 nitrogen and oxygen atoms in total. The Bertz CT molecular complexity index is 1300. The number of aromatic carboxylic acids is 2. The summed E-state index contributed by atoms with van der Waals surface area (Å²) < 4.78 is 0. The maximum atomic E-state index is 12.4. The second kappa shape index (κ2) is 6.24. The minimum atomic E-state index is -1.53. The molecule has 5 N–H and O–H groups in total. The maximum absolute atomic E-state index is 12.4. The lowest BCUT2D eigenvalue weighted by molar-refractivity contribution is 0.0695. The number of hydrogen-bond acceptors (Lipinski definition) is 4. The van der Waals surface area contributed by atoms with Crippen LogP contribution in [0.15, 0.2) is 59.4 Å². The van der Waals surface area contributed by atoms with Gasteiger partial charge in [-0.05, 0) is 33.2 Å². The van der Waals surface area contributed by atoms with E-state index in [9.17, 15) is 24.6 Å². The van der Waals surface area contributed by atoms with Crippen LogP contribution < -0.4 is 11.3 Å². The second-order valence-corrected chi connectivity index (χ2v) is 6.30. The molecule has 1 heterocycles. The van der Waals surface area contributed by atoms with Crippen molar-refractivity contribution in [1.29, 1.82) is 0 Å². The van der Waals surface area contributed by atoms with Gasteiger partial charge in [-0.3, -0.25) is 4.79 Å². The topological polar surface area (TPSA) is 133 Å². The van der Waals surface area contributed by atoms with Crippen LogP contribution >= 0.6 is 0 Å². The second-order valence-electron chi connectivity index (χ2n) is 6.30. The smallest absolute Gasteiger partial charge is 0.342 e. The lowest BCUT2D eigenvalue weighted by Gasteiger charge is -2.17. The minimum absolute atomic E-state index is 0.200. The molecule has 0 fully saturated rings. The molecule has 28 heavy (non-hydrogen) atoms. The van der Waals surface area contributed by atoms with Crippen LogP contribution in [-0.2, 0) is 0 Å². The number of carboxylic acids is 2. The molecule has 0 aliphatic rings. The van der Waals surface area contributed by atoms with Crippen molar-refractivity contribution in [2.24, 2.45) is 0 Å². The van der Waals surface area contributed by atoms with Crippen molar-refractivity contribution in [1.82, 2.24) is 4.98 Å². The lowest BCUT2D eigenvalue weighted by atomic mass is 9.87. The van der Waals surface area contributed by atoms with Crippen LogP contribution in [-0.4, -0.2) is 27.1 Å². The highest BCUT2D eigenvalue weighted by Crippen LogP contribution is 2.40. The molecule has 0 aliphatic carbocycles. The summed E-state index contributed by atoms with van der Waals surface area (Å²) in [6.07, 6.45) is 0. The summed E-state index contributed by atoms with van der Waals surface area (Å²) in [5.41, 5.74) is 3.88. The summed E-state index contributed by atoms with van der Waals surface area (Å²) in [5.74, 6) is -3.35. The Morgan fingerprint density at radius 2 is 1.29 bits per heavy atom. The van der Waals surface area contributed by atoms with E-state index < -0.39 is 34.4 Å². The monoisotopic (exact) mass is 374 g/mol. The fourth-order valence-electron chi connectivity index (χ4n) is 3.58. The number of pyridine rings is 1. The first kappa shape index (κ1) is 17.3. The fourth-order valence-corrected chi connectivity index (χ4v) is 3.58. The van der Waals surface area contributed by atoms with Crippen LogP contribution in [0.5, 0.6) is 0 Å². The van der Waals surface area contributed by atoms with Crippen LogP contribution in [0.1, 0.15) is 20.7 Å². The summed E-state index contributed by atoms with van der Waals surface area (Å²) in [5, 5.41) is 22.3. The fraction of sp³-hybridized carbons (Fsp3) is 0. The Morgan fingerprint density at radius 3 is 1.79 bits per heavy atom. The zero-order chi connectivity index (χ0) is 20.0. The lowest BCUT2D eigenvalue weighted by Crippen LogP contribution is -2.24. The first-order valence-electron chi connectivity index (χ1n) is 8.33. The van der Waals surface area contributed by atoms with Crippen LogP contribution in [0.3, 0.4) is 0 Å². The number of rotatable bonds is 3. The van der Waals surface area contributed by atoms with Crippen molar-refractivity contribution in [3.05, 3.63) is 76.1 Å². The summed E-state index contributed by atoms with van der Waals surface area (Å²) >= 11 is 0. The number of nitrogen functional groups attached to an aromatic ring is 1. The number of carbonyl (C=O) groups is 2. The van der Waals surface area contributed by atoms with Gasteiger partial charge in [0.25, 0.3) is 5.56 Å². The highest BCUT2D eigenvalue weighted by molar-refractivity contribution is 6.19. The van der Waals surface area contributed by atoms with Gasteiger partial charge < -0.3 is 20.9 Å². The van der Waals surface area contributed by atoms with Gasteiger partial charge in [0, 0.05) is 5.56 Å². The van der Waals surface area contributed by atoms with E-state index in [1.165, 1.54) is 0 Å². The molecule has 0 spiro atoms. The van der Waals surface area contributed by atoms with Crippen molar-refractivity contribution in [2.45, 2.75) is 0 Å². The molecule has 3 aromatic carbocycles. The molecular weight excluding hydrogens is 360 g/mol. The highest BCUT2D eigenvalue weighted by Gasteiger charge is 2.28. The Kier molecular flexibility index (Phi) is 3.85. The average molecular weight is 374 g/mol. The predicted octanol–water partition coefficient (Wildman–Crippen LogP) is 3.33. The van der Waals surface area contributed by atoms with E-state index in [4.69, 9.17) is 5.73 Å². The molecular formula is C21H14N2O5. The van der Waals surface area contributed by atoms with E-state index in [0.717, 1.165) is 10.8 Å². The van der Waals surface area contributed by atoms with Gasteiger partial charge in [0.1, 0.15) is 16.9 Å². The van der Waals surface area contributed by atoms with Gasteiger partial charge in [-0.1, -0.05) is 48.5 Å². The molecule has 0 bridgehead atoms. The van der Waals surface area contributed by atoms with E-state index in [0.29, 0.717) is 16.3 Å². The zero-order valence-corrected chi connectivity index (χ0v) is 14.4. The van der Waals surface area contributed by atoms with Crippen LogP contribution in [0, 0.1) is 0 Å². The summed E-state index contributed by atoms with van der Waals surface area (Å²) in [4.78, 5) is 38.4. The largest absolute Gasteiger partial charge is 0.478 e. The molecule has 7 heteroatoms. The van der Waals surface area contributed by atoms with Crippen molar-refractivity contribution < 1.29 is 19.8 Å². The number of anilines is 1. The standard InChI is InChI=1S/C21H14N2O5/c22-18-16(20(25)26)15(17(21(27)28)19(24)23-18)14-12-7-3-1-5-10(12)9-11-6-2-4-8-13(11)14/h1-9H,(H,25,26)(H,27,28)(H3,22,23,24). The molecule has 138 valence electrons. The van der Waals surface area contributed by atoms with E-state index in [1.807, 2.05) is 30.3 Å². The molecule has 0 atom stereocenters. The maximum Gasteiger partial charge on any atom is 0.342 e. The van der Waals surface area contributed by atoms with Gasteiger partial charge in [-0.15, -0.1) is 0 Å². The third-order valence-electron chi connectivity index (χ3n) is 4.69. The molecule has 1 aromatic heterocycles. The third-order valence-corrected chi connectivity index (χ3v) is 4.69. The number of aromatic nitrogens is 1. The Labute approximate surface area is 157 Å². The van der Waals surface area contributed by atoms with E-state index in [1.54, 1.807) is 24.3 Å². The van der Waals surface area contributed by atoms with E-state index >= 15 is 0 Å². The van der Waals surface area contributed by atoms with Crippen molar-refractivity contribution in [3.8, 4) is 11.1 Å². The van der Waals surface area contributed by atoms with Crippen molar-refractivity contribution in [2.75, 3.05) is 5.73 Å². The quantitative estimate of drug-likeness (QED) is 0.407. The van der Waals surface area contributed by atoms with Gasteiger partial charge in [-0.25, -0.2) is 9.59 Å². The number of carboxylic acid groups (broad SMARTS) is 2. The summed E-state index contributed by atoms with van der Waals surface area (Å²) in [6.45, 7) is 0. The predicted molar refractivity (Wildman–Crippen MR) is 106 cm³/mol. The molecule has 4 aromatic rings. The van der Waals surface area contributed by atoms with Crippen molar-refractivity contribution in [3.63, 3.8) is 0 Å². The van der Waals surface area contributed by atoms with Gasteiger partial charge in [-0.2, -0.15) is 0 Å². The number of fused-ring (bicyclic) bond motifs is 2. The number of nitrogens with one attached hydrogen (secondary N) is 1. The molecule has 0 amide bonds. The normalized spacial score (nSPS) is 11.0. The van der Waals surface area contributed by atoms with Gasteiger partial charge in [0.05, 0.1) is 0 Å². The van der Waals surface area contributed by atoms with E-state index in [2.05, 4.69) is 4.98 Å². The van der Waals surface area contributed by atoms with Crippen LogP contribution in [0.4, 0.5) is 5.82 Å². The molecule has 0 unspecified atom stereocenters. The number of hydrogen-bond donors (Lipinski definition) is 4. The molecule has 0 aliphatic heterocycles. The third kappa shape index (κ3) is 2.49.